The summed E-state index contributed by atoms with van der Waals surface area (Å²) in [5, 5.41) is 12.7. The van der Waals surface area contributed by atoms with Gasteiger partial charge in [-0.25, -0.2) is 13.5 Å². The van der Waals surface area contributed by atoms with Gasteiger partial charge in [0.05, 0.1) is 5.52 Å². The molecule has 4 rings (SSSR count). The monoisotopic (exact) mass is 374 g/mol. The number of fused-ring (bicyclic) bond motifs is 1. The maximum absolute atomic E-state index is 12.7. The molecule has 0 saturated carbocycles. The zero-order valence-corrected chi connectivity index (χ0v) is 14.5. The van der Waals surface area contributed by atoms with E-state index in [9.17, 15) is 8.78 Å². The molecule has 0 aliphatic rings. The molecule has 4 aromatic rings. The number of hydrogen-bond donors (Lipinski definition) is 0. The van der Waals surface area contributed by atoms with E-state index in [0.717, 1.165) is 32.9 Å². The summed E-state index contributed by atoms with van der Waals surface area (Å²) in [7, 11) is 0. The van der Waals surface area contributed by atoms with E-state index in [4.69, 9.17) is 0 Å². The van der Waals surface area contributed by atoms with Crippen molar-refractivity contribution >= 4 is 34.0 Å². The molecule has 0 fully saturated rings. The first kappa shape index (κ1) is 16.2. The molecule has 0 N–H and O–H groups in total. The topological polar surface area (TPSA) is 43.6 Å². The van der Waals surface area contributed by atoms with Crippen molar-refractivity contribution in [1.82, 2.24) is 20.0 Å². The normalized spacial score (nSPS) is 11.5. The van der Waals surface area contributed by atoms with Crippen LogP contribution in [-0.2, 0) is 5.75 Å². The number of hydrogen-bond acceptors (Lipinski definition) is 5. The summed E-state index contributed by atoms with van der Waals surface area (Å²) < 4.78 is 26.8. The molecule has 8 heteroatoms. The lowest BCUT2D eigenvalue weighted by atomic mass is 10.2. The first-order valence-corrected chi connectivity index (χ1v) is 9.27. The SMILES string of the molecule is FC(F)c1nnc(-n2cc3ccc(SCc4ccccc4)cc3n2)s1. The number of halogens is 2. The molecular weight excluding hydrogens is 362 g/mol. The molecule has 0 amide bonds. The summed E-state index contributed by atoms with van der Waals surface area (Å²) in [5.74, 6) is 0.876. The van der Waals surface area contributed by atoms with E-state index >= 15 is 0 Å². The summed E-state index contributed by atoms with van der Waals surface area (Å²) in [6.45, 7) is 0. The van der Waals surface area contributed by atoms with Crippen molar-refractivity contribution in [2.45, 2.75) is 17.1 Å². The van der Waals surface area contributed by atoms with Gasteiger partial charge in [-0.3, -0.25) is 0 Å². The highest BCUT2D eigenvalue weighted by atomic mass is 32.2. The third-order valence-corrected chi connectivity index (χ3v) is 5.52. The largest absolute Gasteiger partial charge is 0.291 e. The van der Waals surface area contributed by atoms with Crippen molar-refractivity contribution in [3.63, 3.8) is 0 Å². The Bertz CT molecular complexity index is 998. The first-order valence-electron chi connectivity index (χ1n) is 7.47. The Hall–Kier alpha value is -2.32. The highest BCUT2D eigenvalue weighted by Crippen LogP contribution is 2.28. The van der Waals surface area contributed by atoms with Crippen LogP contribution in [0.2, 0.25) is 0 Å². The minimum absolute atomic E-state index is 0.298. The van der Waals surface area contributed by atoms with Crippen LogP contribution in [0.1, 0.15) is 17.0 Å². The van der Waals surface area contributed by atoms with Crippen molar-refractivity contribution in [3.05, 3.63) is 65.3 Å². The average Bonchev–Trinajstić information content (AvgIpc) is 3.27. The lowest BCUT2D eigenvalue weighted by Crippen LogP contribution is -1.92. The molecule has 126 valence electrons. The van der Waals surface area contributed by atoms with Gasteiger partial charge in [-0.2, -0.15) is 5.10 Å². The molecule has 0 spiro atoms. The van der Waals surface area contributed by atoms with Crippen LogP contribution in [0.4, 0.5) is 8.78 Å². The molecule has 0 radical (unpaired) electrons. The van der Waals surface area contributed by atoms with Gasteiger partial charge in [0.15, 0.2) is 5.01 Å². The first-order chi connectivity index (χ1) is 12.2. The summed E-state index contributed by atoms with van der Waals surface area (Å²) in [5.41, 5.74) is 2.05. The third kappa shape index (κ3) is 3.54. The van der Waals surface area contributed by atoms with E-state index < -0.39 is 6.43 Å². The predicted molar refractivity (Wildman–Crippen MR) is 95.5 cm³/mol. The van der Waals surface area contributed by atoms with Crippen molar-refractivity contribution in [2.24, 2.45) is 0 Å². The van der Waals surface area contributed by atoms with E-state index in [-0.39, 0.29) is 5.01 Å². The van der Waals surface area contributed by atoms with Gasteiger partial charge >= 0.3 is 0 Å². The van der Waals surface area contributed by atoms with Crippen LogP contribution < -0.4 is 0 Å². The maximum Gasteiger partial charge on any atom is 0.291 e. The number of benzene rings is 2. The Morgan fingerprint density at radius 3 is 2.68 bits per heavy atom. The van der Waals surface area contributed by atoms with Gasteiger partial charge in [0.2, 0.25) is 5.13 Å². The third-order valence-electron chi connectivity index (χ3n) is 3.54. The molecular formula is C17H12F2N4S2. The zero-order chi connectivity index (χ0) is 17.2. The van der Waals surface area contributed by atoms with Crippen molar-refractivity contribution in [2.75, 3.05) is 0 Å². The number of nitrogens with zero attached hydrogens (tertiary/aromatic N) is 4. The Labute approximate surface area is 150 Å². The number of thioether (sulfide) groups is 1. The fourth-order valence-electron chi connectivity index (χ4n) is 2.33. The zero-order valence-electron chi connectivity index (χ0n) is 12.8. The van der Waals surface area contributed by atoms with Gasteiger partial charge in [0.25, 0.3) is 6.43 Å². The van der Waals surface area contributed by atoms with E-state index in [1.54, 1.807) is 18.0 Å². The standard InChI is InChI=1S/C17H12F2N4S2/c18-15(19)16-20-21-17(25-16)23-9-12-6-7-13(8-14(12)22-23)24-10-11-4-2-1-3-5-11/h1-9,15H,10H2. The molecule has 0 saturated heterocycles. The minimum Gasteiger partial charge on any atom is -0.211 e. The van der Waals surface area contributed by atoms with Gasteiger partial charge in [0, 0.05) is 22.2 Å². The van der Waals surface area contributed by atoms with E-state index in [2.05, 4.69) is 27.4 Å². The second kappa shape index (κ2) is 6.89. The summed E-state index contributed by atoms with van der Waals surface area (Å²) in [4.78, 5) is 1.10. The molecule has 0 aliphatic carbocycles. The fourth-order valence-corrected chi connectivity index (χ4v) is 3.84. The molecule has 2 heterocycles. The van der Waals surface area contributed by atoms with E-state index in [1.807, 2.05) is 36.4 Å². The molecule has 0 atom stereocenters. The Morgan fingerprint density at radius 2 is 1.92 bits per heavy atom. The second-order valence-corrected chi connectivity index (χ2v) is 7.33. The minimum atomic E-state index is -2.61. The second-order valence-electron chi connectivity index (χ2n) is 5.29. The van der Waals surface area contributed by atoms with E-state index in [1.165, 1.54) is 10.2 Å². The van der Waals surface area contributed by atoms with Crippen LogP contribution in [0.5, 0.6) is 0 Å². The van der Waals surface area contributed by atoms with Crippen LogP contribution in [0, 0.1) is 0 Å². The lowest BCUT2D eigenvalue weighted by Gasteiger charge is -2.01. The van der Waals surface area contributed by atoms with Gasteiger partial charge in [-0.05, 0) is 17.7 Å². The molecule has 4 nitrogen and oxygen atoms in total. The van der Waals surface area contributed by atoms with Crippen molar-refractivity contribution in [1.29, 1.82) is 0 Å². The molecule has 2 aromatic carbocycles. The van der Waals surface area contributed by atoms with Crippen molar-refractivity contribution in [3.8, 4) is 5.13 Å². The van der Waals surface area contributed by atoms with Crippen LogP contribution in [-0.4, -0.2) is 20.0 Å². The highest BCUT2D eigenvalue weighted by molar-refractivity contribution is 7.98. The maximum atomic E-state index is 12.7. The van der Waals surface area contributed by atoms with Gasteiger partial charge < -0.3 is 0 Å². The fraction of sp³-hybridized carbons (Fsp3) is 0.118. The summed E-state index contributed by atoms with van der Waals surface area (Å²) in [6.07, 6.45) is -0.839. The highest BCUT2D eigenvalue weighted by Gasteiger charge is 2.15. The molecule has 25 heavy (non-hydrogen) atoms. The molecule has 2 aromatic heterocycles. The van der Waals surface area contributed by atoms with Crippen LogP contribution >= 0.6 is 23.1 Å². The van der Waals surface area contributed by atoms with Crippen LogP contribution in [0.15, 0.2) is 59.6 Å². The predicted octanol–water partition coefficient (Wildman–Crippen LogP) is 5.11. The number of rotatable bonds is 5. The van der Waals surface area contributed by atoms with Gasteiger partial charge in [-0.1, -0.05) is 47.7 Å². The molecule has 0 unspecified atom stereocenters. The number of alkyl halides is 2. The van der Waals surface area contributed by atoms with Crippen LogP contribution in [0.3, 0.4) is 0 Å². The average molecular weight is 374 g/mol. The Balaban J connectivity index is 1.56. The lowest BCUT2D eigenvalue weighted by molar-refractivity contribution is 0.150. The van der Waals surface area contributed by atoms with Gasteiger partial charge in [0.1, 0.15) is 0 Å². The molecule has 0 aliphatic heterocycles. The quantitative estimate of drug-likeness (QED) is 0.456. The van der Waals surface area contributed by atoms with Crippen molar-refractivity contribution < 1.29 is 8.78 Å². The van der Waals surface area contributed by atoms with Crippen LogP contribution in [0.25, 0.3) is 16.0 Å². The Kier molecular flexibility index (Phi) is 4.46. The number of aromatic nitrogens is 4. The van der Waals surface area contributed by atoms with Gasteiger partial charge in [-0.15, -0.1) is 22.0 Å². The Morgan fingerprint density at radius 1 is 1.08 bits per heavy atom. The smallest absolute Gasteiger partial charge is 0.211 e. The summed E-state index contributed by atoms with van der Waals surface area (Å²) >= 11 is 2.57. The molecule has 0 bridgehead atoms. The van der Waals surface area contributed by atoms with E-state index in [0.29, 0.717) is 5.13 Å². The summed E-state index contributed by atoms with van der Waals surface area (Å²) in [6, 6.07) is 16.2.